The van der Waals surface area contributed by atoms with Crippen molar-refractivity contribution in [3.05, 3.63) is 29.8 Å². The first kappa shape index (κ1) is 21.1. The Hall–Kier alpha value is -1.59. The Kier molecular flexibility index (Phi) is 6.06. The number of sulfone groups is 1. The molecule has 0 bridgehead atoms. The fourth-order valence-electron chi connectivity index (χ4n) is 3.60. The van der Waals surface area contributed by atoms with E-state index in [1.54, 1.807) is 0 Å². The van der Waals surface area contributed by atoms with Crippen molar-refractivity contribution < 1.29 is 30.4 Å². The fourth-order valence-corrected chi connectivity index (χ4v) is 7.01. The summed E-state index contributed by atoms with van der Waals surface area (Å²) < 4.78 is 78.5. The van der Waals surface area contributed by atoms with E-state index in [1.807, 2.05) is 4.72 Å². The van der Waals surface area contributed by atoms with E-state index in [0.29, 0.717) is 12.8 Å². The van der Waals surface area contributed by atoms with E-state index in [9.17, 15) is 30.4 Å². The van der Waals surface area contributed by atoms with Crippen LogP contribution in [0.15, 0.2) is 23.1 Å². The molecule has 1 amide bonds. The van der Waals surface area contributed by atoms with Crippen LogP contribution in [0.4, 0.5) is 8.78 Å². The molecule has 0 aromatic heterocycles. The average molecular weight is 437 g/mol. The van der Waals surface area contributed by atoms with Crippen molar-refractivity contribution >= 4 is 25.8 Å². The largest absolute Gasteiger partial charge is 0.339 e. The zero-order chi connectivity index (χ0) is 20.5. The van der Waals surface area contributed by atoms with Crippen molar-refractivity contribution in [3.63, 3.8) is 0 Å². The number of hydrogen-bond donors (Lipinski definition) is 1. The highest BCUT2D eigenvalue weighted by atomic mass is 32.2. The molecule has 2 fully saturated rings. The monoisotopic (exact) mass is 436 g/mol. The van der Waals surface area contributed by atoms with Gasteiger partial charge in [0.25, 0.3) is 0 Å². The van der Waals surface area contributed by atoms with Gasteiger partial charge in [-0.2, -0.15) is 0 Å². The molecule has 1 N–H and O–H groups in total. The molecule has 1 aromatic rings. The van der Waals surface area contributed by atoms with Crippen molar-refractivity contribution in [3.8, 4) is 0 Å². The molecule has 11 heteroatoms. The summed E-state index contributed by atoms with van der Waals surface area (Å²) in [6.45, 7) is -0.687. The minimum Gasteiger partial charge on any atom is -0.339 e. The Bertz CT molecular complexity index is 934. The minimum atomic E-state index is -4.56. The number of sulfonamides is 1. The molecule has 0 radical (unpaired) electrons. The van der Waals surface area contributed by atoms with Crippen LogP contribution in [0.1, 0.15) is 32.1 Å². The number of carbonyl (C=O) groups excluding carboxylic acids is 1. The first-order valence-electron chi connectivity index (χ1n) is 9.07. The van der Waals surface area contributed by atoms with E-state index in [2.05, 4.69) is 0 Å². The van der Waals surface area contributed by atoms with Gasteiger partial charge in [-0.3, -0.25) is 4.79 Å². The van der Waals surface area contributed by atoms with Gasteiger partial charge in [-0.05, 0) is 25.0 Å². The molecule has 1 saturated carbocycles. The SMILES string of the molecule is O=C(CNS(=O)(=O)c1c(F)cccc1F)N1CC(S(=O)(=O)C2CCCCC2)C1. The molecule has 7 nitrogen and oxygen atoms in total. The molecule has 28 heavy (non-hydrogen) atoms. The zero-order valence-corrected chi connectivity index (χ0v) is 16.7. The molecule has 0 atom stereocenters. The molecule has 1 aliphatic carbocycles. The quantitative estimate of drug-likeness (QED) is 0.722. The third-order valence-electron chi connectivity index (χ3n) is 5.28. The molecule has 1 saturated heterocycles. The fraction of sp³-hybridized carbons (Fsp3) is 0.588. The van der Waals surface area contributed by atoms with Crippen LogP contribution in [0.2, 0.25) is 0 Å². The summed E-state index contributed by atoms with van der Waals surface area (Å²) in [4.78, 5) is 12.2. The standard InChI is InChI=1S/C17H22F2N2O5S2/c18-14-7-4-8-15(19)17(14)28(25,26)20-9-16(22)21-10-13(11-21)27(23,24)12-5-2-1-3-6-12/h4,7-8,12-13,20H,1-3,5-6,9-11H2. The molecule has 1 heterocycles. The van der Waals surface area contributed by atoms with E-state index >= 15 is 0 Å². The lowest BCUT2D eigenvalue weighted by Crippen LogP contribution is -2.60. The van der Waals surface area contributed by atoms with Crippen LogP contribution in [-0.4, -0.2) is 57.8 Å². The minimum absolute atomic E-state index is 0.00739. The predicted octanol–water partition coefficient (Wildman–Crippen LogP) is 1.20. The Morgan fingerprint density at radius 2 is 1.57 bits per heavy atom. The van der Waals surface area contributed by atoms with Crippen LogP contribution in [0, 0.1) is 11.6 Å². The molecular weight excluding hydrogens is 414 g/mol. The average Bonchev–Trinajstić information content (AvgIpc) is 2.59. The maximum Gasteiger partial charge on any atom is 0.246 e. The van der Waals surface area contributed by atoms with Gasteiger partial charge in [-0.25, -0.2) is 30.3 Å². The van der Waals surface area contributed by atoms with Gasteiger partial charge in [0.1, 0.15) is 11.6 Å². The lowest BCUT2D eigenvalue weighted by atomic mass is 10.0. The van der Waals surface area contributed by atoms with E-state index < -0.39 is 54.1 Å². The second-order valence-corrected chi connectivity index (χ2v) is 11.4. The van der Waals surface area contributed by atoms with Gasteiger partial charge in [0.2, 0.25) is 15.9 Å². The van der Waals surface area contributed by atoms with Gasteiger partial charge in [-0.1, -0.05) is 25.3 Å². The van der Waals surface area contributed by atoms with Crippen molar-refractivity contribution in [2.24, 2.45) is 0 Å². The maximum absolute atomic E-state index is 13.6. The van der Waals surface area contributed by atoms with Crippen molar-refractivity contribution in [1.82, 2.24) is 9.62 Å². The number of carbonyl (C=O) groups is 1. The number of amides is 1. The third-order valence-corrected chi connectivity index (χ3v) is 9.36. The highest BCUT2D eigenvalue weighted by Gasteiger charge is 2.43. The van der Waals surface area contributed by atoms with Crippen LogP contribution in [-0.2, 0) is 24.7 Å². The smallest absolute Gasteiger partial charge is 0.246 e. The van der Waals surface area contributed by atoms with Crippen LogP contribution in [0.25, 0.3) is 0 Å². The molecule has 3 rings (SSSR count). The highest BCUT2D eigenvalue weighted by Crippen LogP contribution is 2.29. The van der Waals surface area contributed by atoms with Gasteiger partial charge in [0, 0.05) is 13.1 Å². The van der Waals surface area contributed by atoms with Crippen LogP contribution >= 0.6 is 0 Å². The maximum atomic E-state index is 13.6. The number of halogens is 2. The topological polar surface area (TPSA) is 101 Å². The summed E-state index contributed by atoms with van der Waals surface area (Å²) in [7, 11) is -7.88. The molecule has 156 valence electrons. The van der Waals surface area contributed by atoms with Crippen LogP contribution < -0.4 is 4.72 Å². The van der Waals surface area contributed by atoms with Gasteiger partial charge < -0.3 is 4.90 Å². The summed E-state index contributed by atoms with van der Waals surface area (Å²) in [6, 6.07) is 2.63. The van der Waals surface area contributed by atoms with E-state index in [1.165, 1.54) is 4.90 Å². The lowest BCUT2D eigenvalue weighted by molar-refractivity contribution is -0.133. The number of benzene rings is 1. The number of rotatable bonds is 6. The van der Waals surface area contributed by atoms with Crippen molar-refractivity contribution in [2.75, 3.05) is 19.6 Å². The molecule has 0 unspecified atom stereocenters. The van der Waals surface area contributed by atoms with E-state index in [-0.39, 0.29) is 18.3 Å². The second kappa shape index (κ2) is 8.03. The Morgan fingerprint density at radius 1 is 1.00 bits per heavy atom. The number of likely N-dealkylation sites (tertiary alicyclic amines) is 1. The third kappa shape index (κ3) is 4.20. The highest BCUT2D eigenvalue weighted by molar-refractivity contribution is 7.92. The predicted molar refractivity (Wildman–Crippen MR) is 97.7 cm³/mol. The lowest BCUT2D eigenvalue weighted by Gasteiger charge is -2.40. The summed E-state index contributed by atoms with van der Waals surface area (Å²) in [5.41, 5.74) is 0. The molecule has 0 spiro atoms. The van der Waals surface area contributed by atoms with Crippen molar-refractivity contribution in [2.45, 2.75) is 47.5 Å². The van der Waals surface area contributed by atoms with E-state index in [4.69, 9.17) is 0 Å². The second-order valence-electron chi connectivity index (χ2n) is 7.15. The number of hydrogen-bond acceptors (Lipinski definition) is 5. The summed E-state index contributed by atoms with van der Waals surface area (Å²) in [6.07, 6.45) is 4.08. The van der Waals surface area contributed by atoms with E-state index in [0.717, 1.165) is 37.5 Å². The van der Waals surface area contributed by atoms with Crippen LogP contribution in [0.5, 0.6) is 0 Å². The summed E-state index contributed by atoms with van der Waals surface area (Å²) in [5.74, 6) is -3.17. The molecule has 1 aliphatic heterocycles. The summed E-state index contributed by atoms with van der Waals surface area (Å²) in [5, 5.41) is -1.01. The van der Waals surface area contributed by atoms with Gasteiger partial charge in [0.05, 0.1) is 17.0 Å². The van der Waals surface area contributed by atoms with Crippen LogP contribution in [0.3, 0.4) is 0 Å². The number of nitrogens with zero attached hydrogens (tertiary/aromatic N) is 1. The number of nitrogens with one attached hydrogen (secondary N) is 1. The van der Waals surface area contributed by atoms with Gasteiger partial charge in [0.15, 0.2) is 14.7 Å². The zero-order valence-electron chi connectivity index (χ0n) is 15.1. The van der Waals surface area contributed by atoms with Gasteiger partial charge >= 0.3 is 0 Å². The first-order valence-corrected chi connectivity index (χ1v) is 12.2. The molecular formula is C17H22F2N2O5S2. The Balaban J connectivity index is 1.56. The normalized spacial score (nSPS) is 19.4. The molecule has 1 aromatic carbocycles. The molecule has 2 aliphatic rings. The Morgan fingerprint density at radius 3 is 2.14 bits per heavy atom. The van der Waals surface area contributed by atoms with Crippen molar-refractivity contribution in [1.29, 1.82) is 0 Å². The summed E-state index contributed by atoms with van der Waals surface area (Å²) >= 11 is 0. The van der Waals surface area contributed by atoms with Gasteiger partial charge in [-0.15, -0.1) is 0 Å². The Labute approximate surface area is 163 Å². The first-order chi connectivity index (χ1) is 13.1.